The zero-order chi connectivity index (χ0) is 11.0. The van der Waals surface area contributed by atoms with Gasteiger partial charge in [0.1, 0.15) is 10.8 Å². The van der Waals surface area contributed by atoms with E-state index in [0.717, 1.165) is 16.8 Å². The standard InChI is InChI=1S/C13H9ClN2/c14-12-7-6-11(10-4-2-1-3-5-10)13-15-8-9-16(12)13/h1-9H. The van der Waals surface area contributed by atoms with Crippen molar-refractivity contribution in [2.24, 2.45) is 0 Å². The maximum absolute atomic E-state index is 6.08. The molecule has 0 aliphatic heterocycles. The molecule has 0 saturated heterocycles. The highest BCUT2D eigenvalue weighted by atomic mass is 35.5. The molecular weight excluding hydrogens is 220 g/mol. The van der Waals surface area contributed by atoms with Gasteiger partial charge in [-0.1, -0.05) is 41.9 Å². The van der Waals surface area contributed by atoms with Gasteiger partial charge in [-0.2, -0.15) is 0 Å². The van der Waals surface area contributed by atoms with E-state index in [-0.39, 0.29) is 0 Å². The number of imidazole rings is 1. The van der Waals surface area contributed by atoms with Crippen molar-refractivity contribution >= 4 is 17.2 Å². The van der Waals surface area contributed by atoms with Crippen LogP contribution in [0.4, 0.5) is 0 Å². The van der Waals surface area contributed by atoms with Crippen molar-refractivity contribution in [3.8, 4) is 11.1 Å². The Morgan fingerprint density at radius 3 is 2.62 bits per heavy atom. The van der Waals surface area contributed by atoms with Crippen LogP contribution in [0.15, 0.2) is 54.9 Å². The molecule has 0 aliphatic carbocycles. The minimum atomic E-state index is 0.673. The van der Waals surface area contributed by atoms with Crippen LogP contribution in [0.25, 0.3) is 16.8 Å². The van der Waals surface area contributed by atoms with Crippen LogP contribution in [-0.2, 0) is 0 Å². The second-order valence-corrected chi connectivity index (χ2v) is 3.94. The van der Waals surface area contributed by atoms with Gasteiger partial charge >= 0.3 is 0 Å². The largest absolute Gasteiger partial charge is 0.290 e. The minimum absolute atomic E-state index is 0.673. The van der Waals surface area contributed by atoms with Gasteiger partial charge < -0.3 is 0 Å². The Balaban J connectivity index is 2.33. The summed E-state index contributed by atoms with van der Waals surface area (Å²) >= 11 is 6.08. The number of pyridine rings is 1. The summed E-state index contributed by atoms with van der Waals surface area (Å²) in [5, 5.41) is 0.673. The van der Waals surface area contributed by atoms with Crippen LogP contribution in [0.1, 0.15) is 0 Å². The lowest BCUT2D eigenvalue weighted by molar-refractivity contribution is 1.19. The lowest BCUT2D eigenvalue weighted by atomic mass is 10.1. The molecule has 78 valence electrons. The van der Waals surface area contributed by atoms with Crippen LogP contribution in [-0.4, -0.2) is 9.38 Å². The van der Waals surface area contributed by atoms with Crippen molar-refractivity contribution in [1.82, 2.24) is 9.38 Å². The molecule has 0 fully saturated rings. The van der Waals surface area contributed by atoms with E-state index < -0.39 is 0 Å². The highest BCUT2D eigenvalue weighted by Crippen LogP contribution is 2.25. The molecule has 2 nitrogen and oxygen atoms in total. The normalized spacial score (nSPS) is 10.8. The van der Waals surface area contributed by atoms with Gasteiger partial charge in [0.25, 0.3) is 0 Å². The Labute approximate surface area is 98.1 Å². The van der Waals surface area contributed by atoms with Crippen LogP contribution in [0.3, 0.4) is 0 Å². The fourth-order valence-electron chi connectivity index (χ4n) is 1.83. The predicted molar refractivity (Wildman–Crippen MR) is 65.6 cm³/mol. The molecule has 0 atom stereocenters. The second kappa shape index (κ2) is 3.65. The highest BCUT2D eigenvalue weighted by molar-refractivity contribution is 6.29. The molecular formula is C13H9ClN2. The Hall–Kier alpha value is -1.80. The summed E-state index contributed by atoms with van der Waals surface area (Å²) in [5.74, 6) is 0. The first-order valence-electron chi connectivity index (χ1n) is 5.03. The molecule has 0 bridgehead atoms. The van der Waals surface area contributed by atoms with Crippen LogP contribution in [0.5, 0.6) is 0 Å². The topological polar surface area (TPSA) is 17.3 Å². The van der Waals surface area contributed by atoms with Crippen molar-refractivity contribution in [2.45, 2.75) is 0 Å². The van der Waals surface area contributed by atoms with Gasteiger partial charge in [-0.25, -0.2) is 4.98 Å². The van der Waals surface area contributed by atoms with Crippen molar-refractivity contribution in [3.63, 3.8) is 0 Å². The second-order valence-electron chi connectivity index (χ2n) is 3.56. The smallest absolute Gasteiger partial charge is 0.145 e. The summed E-state index contributed by atoms with van der Waals surface area (Å²) in [6, 6.07) is 14.1. The summed E-state index contributed by atoms with van der Waals surface area (Å²) in [6.07, 6.45) is 3.62. The van der Waals surface area contributed by atoms with E-state index in [1.54, 1.807) is 6.20 Å². The third-order valence-corrected chi connectivity index (χ3v) is 2.89. The van der Waals surface area contributed by atoms with E-state index in [2.05, 4.69) is 17.1 Å². The highest BCUT2D eigenvalue weighted by Gasteiger charge is 2.06. The zero-order valence-corrected chi connectivity index (χ0v) is 9.22. The SMILES string of the molecule is Clc1ccc(-c2ccccc2)c2nccn12. The van der Waals surface area contributed by atoms with Gasteiger partial charge in [-0.05, 0) is 17.7 Å². The number of nitrogens with zero attached hydrogens (tertiary/aromatic N) is 2. The Morgan fingerprint density at radius 1 is 1.00 bits per heavy atom. The number of hydrogen-bond donors (Lipinski definition) is 0. The number of fused-ring (bicyclic) bond motifs is 1. The predicted octanol–water partition coefficient (Wildman–Crippen LogP) is 3.65. The molecule has 3 rings (SSSR count). The Kier molecular flexibility index (Phi) is 2.15. The van der Waals surface area contributed by atoms with E-state index in [9.17, 15) is 0 Å². The Bertz CT molecular complexity index is 629. The number of benzene rings is 1. The first-order valence-corrected chi connectivity index (χ1v) is 5.41. The maximum atomic E-state index is 6.08. The Morgan fingerprint density at radius 2 is 1.81 bits per heavy atom. The number of rotatable bonds is 1. The van der Waals surface area contributed by atoms with E-state index >= 15 is 0 Å². The van der Waals surface area contributed by atoms with Gasteiger partial charge in [-0.15, -0.1) is 0 Å². The van der Waals surface area contributed by atoms with Crippen molar-refractivity contribution in [1.29, 1.82) is 0 Å². The van der Waals surface area contributed by atoms with E-state index in [0.29, 0.717) is 5.15 Å². The molecule has 0 spiro atoms. The zero-order valence-electron chi connectivity index (χ0n) is 8.47. The lowest BCUT2D eigenvalue weighted by Crippen LogP contribution is -1.89. The summed E-state index contributed by atoms with van der Waals surface area (Å²) < 4.78 is 1.88. The average molecular weight is 229 g/mol. The summed E-state index contributed by atoms with van der Waals surface area (Å²) in [5.41, 5.74) is 3.13. The third-order valence-electron chi connectivity index (χ3n) is 2.58. The van der Waals surface area contributed by atoms with Gasteiger partial charge in [0, 0.05) is 18.0 Å². The fraction of sp³-hybridized carbons (Fsp3) is 0. The average Bonchev–Trinajstić information content (AvgIpc) is 2.81. The number of aromatic nitrogens is 2. The fourth-order valence-corrected chi connectivity index (χ4v) is 2.02. The van der Waals surface area contributed by atoms with Crippen LogP contribution < -0.4 is 0 Å². The van der Waals surface area contributed by atoms with E-state index in [4.69, 9.17) is 11.6 Å². The maximum Gasteiger partial charge on any atom is 0.145 e. The van der Waals surface area contributed by atoms with Gasteiger partial charge in [0.05, 0.1) is 0 Å². The molecule has 0 saturated carbocycles. The molecule has 0 unspecified atom stereocenters. The summed E-state index contributed by atoms with van der Waals surface area (Å²) in [4.78, 5) is 4.33. The molecule has 0 amide bonds. The van der Waals surface area contributed by atoms with Crippen molar-refractivity contribution in [3.05, 3.63) is 60.0 Å². The van der Waals surface area contributed by atoms with E-state index in [1.165, 1.54) is 0 Å². The van der Waals surface area contributed by atoms with Crippen molar-refractivity contribution < 1.29 is 0 Å². The van der Waals surface area contributed by atoms with Crippen LogP contribution in [0.2, 0.25) is 5.15 Å². The minimum Gasteiger partial charge on any atom is -0.290 e. The van der Waals surface area contributed by atoms with Gasteiger partial charge in [0.15, 0.2) is 0 Å². The number of hydrogen-bond acceptors (Lipinski definition) is 1. The lowest BCUT2D eigenvalue weighted by Gasteiger charge is -2.05. The molecule has 0 aliphatic rings. The first kappa shape index (κ1) is 9.43. The first-order chi connectivity index (χ1) is 7.86. The van der Waals surface area contributed by atoms with Crippen LogP contribution >= 0.6 is 11.6 Å². The quantitative estimate of drug-likeness (QED) is 0.581. The van der Waals surface area contributed by atoms with Gasteiger partial charge in [-0.3, -0.25) is 4.40 Å². The number of halogens is 1. The summed E-state index contributed by atoms with van der Waals surface area (Å²) in [6.45, 7) is 0. The molecule has 2 aromatic heterocycles. The molecule has 16 heavy (non-hydrogen) atoms. The van der Waals surface area contributed by atoms with Crippen LogP contribution in [0, 0.1) is 0 Å². The molecule has 3 aromatic rings. The molecule has 0 N–H and O–H groups in total. The van der Waals surface area contributed by atoms with E-state index in [1.807, 2.05) is 40.9 Å². The molecule has 1 aromatic carbocycles. The monoisotopic (exact) mass is 228 g/mol. The molecule has 2 heterocycles. The van der Waals surface area contributed by atoms with Crippen molar-refractivity contribution in [2.75, 3.05) is 0 Å². The molecule has 0 radical (unpaired) electrons. The third kappa shape index (κ3) is 1.39. The van der Waals surface area contributed by atoms with Gasteiger partial charge in [0.2, 0.25) is 0 Å². The summed E-state index contributed by atoms with van der Waals surface area (Å²) in [7, 11) is 0. The molecule has 3 heteroatoms.